The molecule has 18 heavy (non-hydrogen) atoms. The Bertz CT molecular complexity index is 157. The minimum absolute atomic E-state index is 1.12. The molecule has 0 aromatic heterocycles. The molecule has 0 heteroatoms. The van der Waals surface area contributed by atoms with Crippen molar-refractivity contribution in [3.63, 3.8) is 0 Å². The average molecular weight is 251 g/mol. The van der Waals surface area contributed by atoms with Crippen LogP contribution in [-0.4, -0.2) is 0 Å². The third-order valence-corrected chi connectivity index (χ3v) is 3.52. The van der Waals surface area contributed by atoms with Crippen LogP contribution in [0.5, 0.6) is 0 Å². The zero-order chi connectivity index (χ0) is 13.3. The number of unbranched alkanes of at least 4 members (excludes halogenated alkanes) is 12. The van der Waals surface area contributed by atoms with Crippen molar-refractivity contribution in [2.24, 2.45) is 0 Å². The monoisotopic (exact) mass is 251 g/mol. The quantitative estimate of drug-likeness (QED) is 0.234. The minimum atomic E-state index is 1.12. The van der Waals surface area contributed by atoms with E-state index in [1.807, 2.05) is 0 Å². The molecule has 107 valence electrons. The molecule has 0 saturated carbocycles. The standard InChI is InChI=1S/C18H35/c1-3-5-7-9-11-13-15-17-18-16-14-12-10-8-6-4-2/h6,8H,1,3-5,7,9-18H2,2H3. The summed E-state index contributed by atoms with van der Waals surface area (Å²) in [4.78, 5) is 0. The first-order valence-corrected chi connectivity index (χ1v) is 8.36. The molecule has 0 aromatic rings. The predicted octanol–water partition coefficient (Wildman–Crippen LogP) is 6.86. The van der Waals surface area contributed by atoms with E-state index in [9.17, 15) is 0 Å². The molecule has 0 nitrogen and oxygen atoms in total. The maximum atomic E-state index is 3.88. The predicted molar refractivity (Wildman–Crippen MR) is 84.8 cm³/mol. The number of allylic oxidation sites excluding steroid dienone is 2. The van der Waals surface area contributed by atoms with E-state index in [4.69, 9.17) is 0 Å². The molecule has 0 fully saturated rings. The first-order chi connectivity index (χ1) is 8.91. The Morgan fingerprint density at radius 2 is 1.06 bits per heavy atom. The largest absolute Gasteiger partial charge is 0.0888 e. The van der Waals surface area contributed by atoms with Gasteiger partial charge in [0.05, 0.1) is 0 Å². The normalized spacial score (nSPS) is 11.4. The zero-order valence-electron chi connectivity index (χ0n) is 12.8. The number of hydrogen-bond acceptors (Lipinski definition) is 0. The van der Waals surface area contributed by atoms with Gasteiger partial charge in [0.25, 0.3) is 0 Å². The maximum Gasteiger partial charge on any atom is -0.0351 e. The van der Waals surface area contributed by atoms with Crippen molar-refractivity contribution in [1.82, 2.24) is 0 Å². The van der Waals surface area contributed by atoms with Crippen LogP contribution in [0.25, 0.3) is 0 Å². The summed E-state index contributed by atoms with van der Waals surface area (Å²) in [6.45, 7) is 6.08. The van der Waals surface area contributed by atoms with Gasteiger partial charge in [-0.3, -0.25) is 0 Å². The maximum absolute atomic E-state index is 3.88. The van der Waals surface area contributed by atoms with Gasteiger partial charge in [0.2, 0.25) is 0 Å². The first kappa shape index (κ1) is 17.7. The van der Waals surface area contributed by atoms with Crippen molar-refractivity contribution in [3.8, 4) is 0 Å². The van der Waals surface area contributed by atoms with E-state index in [2.05, 4.69) is 26.0 Å². The Morgan fingerprint density at radius 3 is 1.50 bits per heavy atom. The molecule has 0 rings (SSSR count). The molecule has 0 aliphatic rings. The highest BCUT2D eigenvalue weighted by Gasteiger charge is 1.92. The van der Waals surface area contributed by atoms with Crippen molar-refractivity contribution in [2.45, 2.75) is 96.8 Å². The fraction of sp³-hybridized carbons (Fsp3) is 0.833. The third-order valence-electron chi connectivity index (χ3n) is 3.52. The van der Waals surface area contributed by atoms with Crippen LogP contribution < -0.4 is 0 Å². The molecule has 0 amide bonds. The van der Waals surface area contributed by atoms with E-state index in [1.54, 1.807) is 0 Å². The summed E-state index contributed by atoms with van der Waals surface area (Å²) in [6.07, 6.45) is 23.9. The summed E-state index contributed by atoms with van der Waals surface area (Å²) in [5.41, 5.74) is 0. The van der Waals surface area contributed by atoms with Gasteiger partial charge in [-0.25, -0.2) is 0 Å². The van der Waals surface area contributed by atoms with Crippen LogP contribution in [0.1, 0.15) is 96.8 Å². The van der Waals surface area contributed by atoms with Gasteiger partial charge in [0.15, 0.2) is 0 Å². The molecule has 0 heterocycles. The molecule has 0 atom stereocenters. The van der Waals surface area contributed by atoms with Crippen molar-refractivity contribution >= 4 is 0 Å². The SMILES string of the molecule is [CH2]CCCCCCCCCCCCCC=CCC. The third kappa shape index (κ3) is 15.7. The van der Waals surface area contributed by atoms with Crippen molar-refractivity contribution in [3.05, 3.63) is 19.1 Å². The Morgan fingerprint density at radius 1 is 0.611 bits per heavy atom. The van der Waals surface area contributed by atoms with E-state index < -0.39 is 0 Å². The Hall–Kier alpha value is -0.260. The topological polar surface area (TPSA) is 0 Å². The second-order valence-electron chi connectivity index (χ2n) is 5.41. The molecule has 1 radical (unpaired) electrons. The summed E-state index contributed by atoms with van der Waals surface area (Å²) in [6, 6.07) is 0. The Labute approximate surface area is 116 Å². The molecule has 0 bridgehead atoms. The van der Waals surface area contributed by atoms with E-state index >= 15 is 0 Å². The van der Waals surface area contributed by atoms with Gasteiger partial charge in [0, 0.05) is 0 Å². The van der Waals surface area contributed by atoms with Crippen molar-refractivity contribution < 1.29 is 0 Å². The van der Waals surface area contributed by atoms with Crippen LogP contribution in [0.4, 0.5) is 0 Å². The molecular weight excluding hydrogens is 216 g/mol. The van der Waals surface area contributed by atoms with Crippen LogP contribution >= 0.6 is 0 Å². The van der Waals surface area contributed by atoms with Gasteiger partial charge >= 0.3 is 0 Å². The molecule has 0 aromatic carbocycles. The lowest BCUT2D eigenvalue weighted by atomic mass is 10.0. The number of rotatable bonds is 14. The first-order valence-electron chi connectivity index (χ1n) is 8.36. The average Bonchev–Trinajstić information content (AvgIpc) is 2.39. The van der Waals surface area contributed by atoms with Crippen LogP contribution in [0.2, 0.25) is 0 Å². The highest BCUT2D eigenvalue weighted by Crippen LogP contribution is 2.12. The number of hydrogen-bond donors (Lipinski definition) is 0. The molecule has 0 aliphatic heterocycles. The second-order valence-corrected chi connectivity index (χ2v) is 5.41. The van der Waals surface area contributed by atoms with Gasteiger partial charge in [0.1, 0.15) is 0 Å². The summed E-state index contributed by atoms with van der Waals surface area (Å²) in [5, 5.41) is 0. The zero-order valence-corrected chi connectivity index (χ0v) is 12.8. The Kier molecular flexibility index (Phi) is 16.5. The van der Waals surface area contributed by atoms with Crippen molar-refractivity contribution in [1.29, 1.82) is 0 Å². The highest BCUT2D eigenvalue weighted by molar-refractivity contribution is 4.79. The lowest BCUT2D eigenvalue weighted by Gasteiger charge is -2.02. The van der Waals surface area contributed by atoms with Gasteiger partial charge in [-0.15, -0.1) is 0 Å². The lowest BCUT2D eigenvalue weighted by molar-refractivity contribution is 0.547. The molecule has 0 aliphatic carbocycles. The van der Waals surface area contributed by atoms with E-state index in [0.29, 0.717) is 0 Å². The van der Waals surface area contributed by atoms with E-state index in [1.165, 1.54) is 83.5 Å². The molecule has 0 spiro atoms. The van der Waals surface area contributed by atoms with E-state index in [-0.39, 0.29) is 0 Å². The highest BCUT2D eigenvalue weighted by atomic mass is 14.0. The van der Waals surface area contributed by atoms with Gasteiger partial charge < -0.3 is 0 Å². The van der Waals surface area contributed by atoms with Gasteiger partial charge in [-0.2, -0.15) is 0 Å². The van der Waals surface area contributed by atoms with Crippen LogP contribution in [0.15, 0.2) is 12.2 Å². The van der Waals surface area contributed by atoms with E-state index in [0.717, 1.165) is 6.42 Å². The fourth-order valence-electron chi connectivity index (χ4n) is 2.31. The summed E-state index contributed by atoms with van der Waals surface area (Å²) in [7, 11) is 0. The van der Waals surface area contributed by atoms with Gasteiger partial charge in [-0.1, -0.05) is 96.6 Å². The summed E-state index contributed by atoms with van der Waals surface area (Å²) >= 11 is 0. The van der Waals surface area contributed by atoms with Crippen molar-refractivity contribution in [2.75, 3.05) is 0 Å². The molecule has 0 N–H and O–H groups in total. The van der Waals surface area contributed by atoms with Gasteiger partial charge in [-0.05, 0) is 19.3 Å². The summed E-state index contributed by atoms with van der Waals surface area (Å²) < 4.78 is 0. The van der Waals surface area contributed by atoms with Crippen LogP contribution in [-0.2, 0) is 0 Å². The molecular formula is C18H35. The lowest BCUT2D eigenvalue weighted by Crippen LogP contribution is -1.82. The van der Waals surface area contributed by atoms with Crippen LogP contribution in [0.3, 0.4) is 0 Å². The summed E-state index contributed by atoms with van der Waals surface area (Å²) in [5.74, 6) is 0. The Balaban J connectivity index is 2.92. The smallest absolute Gasteiger partial charge is 0.0351 e. The fourth-order valence-corrected chi connectivity index (χ4v) is 2.31. The molecule has 0 unspecified atom stereocenters. The minimum Gasteiger partial charge on any atom is -0.0888 e. The molecule has 0 saturated heterocycles. The van der Waals surface area contributed by atoms with Crippen LogP contribution in [0, 0.1) is 6.92 Å². The second kappa shape index (κ2) is 16.7.